The van der Waals surface area contributed by atoms with E-state index < -0.39 is 5.41 Å². The fourth-order valence-corrected chi connectivity index (χ4v) is 11.2. The molecule has 1 spiro atoms. The van der Waals surface area contributed by atoms with Gasteiger partial charge in [0.05, 0.1) is 16.4 Å². The van der Waals surface area contributed by atoms with Crippen LogP contribution in [0.15, 0.2) is 208 Å². The lowest BCUT2D eigenvalue weighted by molar-refractivity contribution is 0.669. The SMILES string of the molecule is c1ccc(-c2cccc3c2C2(c4ccccc4Sc4ccc(-c5cccc6c7ccccc7n(-c7ccccc7)c56)cc42)c2ccccc2S3)cc1. The molecule has 2 aliphatic rings. The molecule has 1 nitrogen and oxygen atoms in total. The summed E-state index contributed by atoms with van der Waals surface area (Å²) in [5.74, 6) is 0. The van der Waals surface area contributed by atoms with Gasteiger partial charge >= 0.3 is 0 Å². The van der Waals surface area contributed by atoms with Gasteiger partial charge in [-0.25, -0.2) is 0 Å². The van der Waals surface area contributed by atoms with Crippen LogP contribution >= 0.6 is 23.5 Å². The minimum atomic E-state index is -0.531. The van der Waals surface area contributed by atoms with E-state index in [1.165, 1.54) is 91.6 Å². The molecular formula is C49H31NS2. The standard InChI is InChI=1S/C49H31NS2/c1-3-15-32(16-4-1)35-20-14-28-46-47(35)49(40-24-9-12-27-44(40)52-46)39-23-8-11-26-43(39)51-45-30-29-33(31-41(45)49)36-21-13-22-38-37-19-7-10-25-42(37)50(48(36)38)34-17-5-2-6-18-34/h1-31H. The van der Waals surface area contributed by atoms with E-state index in [1.807, 2.05) is 23.5 Å². The summed E-state index contributed by atoms with van der Waals surface area (Å²) in [6.45, 7) is 0. The van der Waals surface area contributed by atoms with Crippen LogP contribution in [0.2, 0.25) is 0 Å². The van der Waals surface area contributed by atoms with E-state index in [2.05, 4.69) is 193 Å². The van der Waals surface area contributed by atoms with Gasteiger partial charge in [-0.1, -0.05) is 163 Å². The Morgan fingerprint density at radius 3 is 1.75 bits per heavy atom. The van der Waals surface area contributed by atoms with Crippen molar-refractivity contribution >= 4 is 45.3 Å². The molecule has 0 radical (unpaired) electrons. The number of hydrogen-bond acceptors (Lipinski definition) is 2. The quantitative estimate of drug-likeness (QED) is 0.181. The Morgan fingerprint density at radius 1 is 0.385 bits per heavy atom. The fourth-order valence-electron chi connectivity index (χ4n) is 8.84. The van der Waals surface area contributed by atoms with Crippen molar-refractivity contribution in [3.63, 3.8) is 0 Å². The van der Waals surface area contributed by atoms with Crippen LogP contribution in [0.25, 0.3) is 49.7 Å². The molecule has 0 fully saturated rings. The summed E-state index contributed by atoms with van der Waals surface area (Å²) in [5, 5.41) is 2.53. The van der Waals surface area contributed by atoms with E-state index in [0.29, 0.717) is 0 Å². The first-order chi connectivity index (χ1) is 25.8. The van der Waals surface area contributed by atoms with Crippen LogP contribution in [0.1, 0.15) is 22.3 Å². The fraction of sp³-hybridized carbons (Fsp3) is 0.0204. The van der Waals surface area contributed by atoms with Gasteiger partial charge in [-0.2, -0.15) is 0 Å². The van der Waals surface area contributed by atoms with Crippen LogP contribution in [0, 0.1) is 0 Å². The van der Waals surface area contributed by atoms with Crippen LogP contribution in [0.5, 0.6) is 0 Å². The van der Waals surface area contributed by atoms with Crippen LogP contribution < -0.4 is 0 Å². The third-order valence-electron chi connectivity index (χ3n) is 10.9. The zero-order valence-electron chi connectivity index (χ0n) is 28.2. The molecule has 0 amide bonds. The van der Waals surface area contributed by atoms with E-state index in [-0.39, 0.29) is 0 Å². The van der Waals surface area contributed by atoms with Crippen molar-refractivity contribution < 1.29 is 0 Å². The third-order valence-corrected chi connectivity index (χ3v) is 13.2. The van der Waals surface area contributed by atoms with E-state index in [4.69, 9.17) is 0 Å². The van der Waals surface area contributed by atoms with Crippen LogP contribution in [0.3, 0.4) is 0 Å². The second-order valence-corrected chi connectivity index (χ2v) is 15.8. The highest BCUT2D eigenvalue weighted by Crippen LogP contribution is 2.63. The Balaban J connectivity index is 1.27. The molecule has 3 heterocycles. The zero-order chi connectivity index (χ0) is 34.2. The number of benzene rings is 8. The van der Waals surface area contributed by atoms with Gasteiger partial charge in [0.25, 0.3) is 0 Å². The van der Waals surface area contributed by atoms with Crippen molar-refractivity contribution in [3.05, 3.63) is 210 Å². The molecule has 8 aromatic carbocycles. The maximum absolute atomic E-state index is 2.53. The molecule has 1 atom stereocenters. The average molecular weight is 698 g/mol. The smallest absolute Gasteiger partial charge is 0.0751 e. The van der Waals surface area contributed by atoms with Gasteiger partial charge in [0.15, 0.2) is 0 Å². The van der Waals surface area contributed by atoms with Crippen molar-refractivity contribution in [1.29, 1.82) is 0 Å². The number of rotatable bonds is 3. The topological polar surface area (TPSA) is 4.93 Å². The number of hydrogen-bond donors (Lipinski definition) is 0. The molecule has 1 aromatic heterocycles. The first kappa shape index (κ1) is 29.9. The summed E-state index contributed by atoms with van der Waals surface area (Å²) in [5.41, 5.74) is 13.5. The highest BCUT2D eigenvalue weighted by atomic mass is 32.2. The summed E-state index contributed by atoms with van der Waals surface area (Å²) >= 11 is 3.80. The number of fused-ring (bicyclic) bond motifs is 11. The molecule has 0 saturated carbocycles. The van der Waals surface area contributed by atoms with Crippen molar-refractivity contribution in [3.8, 4) is 27.9 Å². The van der Waals surface area contributed by atoms with Gasteiger partial charge in [0, 0.05) is 41.6 Å². The molecule has 0 aliphatic carbocycles. The average Bonchev–Trinajstić information content (AvgIpc) is 3.56. The molecule has 0 N–H and O–H groups in total. The van der Waals surface area contributed by atoms with Gasteiger partial charge in [-0.15, -0.1) is 0 Å². The Labute approximate surface area is 311 Å². The number of nitrogens with zero attached hydrogens (tertiary/aromatic N) is 1. The van der Waals surface area contributed by atoms with E-state index in [0.717, 1.165) is 0 Å². The minimum absolute atomic E-state index is 0.531. The third kappa shape index (κ3) is 4.21. The van der Waals surface area contributed by atoms with E-state index in [1.54, 1.807) is 0 Å². The molecule has 11 rings (SSSR count). The molecule has 3 heteroatoms. The maximum atomic E-state index is 2.53. The lowest BCUT2D eigenvalue weighted by Crippen LogP contribution is -2.37. The lowest BCUT2D eigenvalue weighted by atomic mass is 9.62. The minimum Gasteiger partial charge on any atom is -0.309 e. The summed E-state index contributed by atoms with van der Waals surface area (Å²) in [4.78, 5) is 5.23. The summed E-state index contributed by atoms with van der Waals surface area (Å²) < 4.78 is 2.45. The Bertz CT molecular complexity index is 2810. The maximum Gasteiger partial charge on any atom is 0.0751 e. The second-order valence-electron chi connectivity index (χ2n) is 13.6. The number of aromatic nitrogens is 1. The van der Waals surface area contributed by atoms with Crippen LogP contribution in [-0.2, 0) is 5.41 Å². The molecular weight excluding hydrogens is 667 g/mol. The lowest BCUT2D eigenvalue weighted by Gasteiger charge is -2.46. The molecule has 52 heavy (non-hydrogen) atoms. The van der Waals surface area contributed by atoms with Gasteiger partial charge in [-0.3, -0.25) is 0 Å². The predicted molar refractivity (Wildman–Crippen MR) is 218 cm³/mol. The second kappa shape index (κ2) is 11.6. The molecule has 0 bridgehead atoms. The van der Waals surface area contributed by atoms with Crippen LogP contribution in [-0.4, -0.2) is 4.57 Å². The summed E-state index contributed by atoms with van der Waals surface area (Å²) in [7, 11) is 0. The van der Waals surface area contributed by atoms with Crippen molar-refractivity contribution in [2.45, 2.75) is 25.0 Å². The first-order valence-corrected chi connectivity index (χ1v) is 19.4. The molecule has 2 aliphatic heterocycles. The molecule has 244 valence electrons. The first-order valence-electron chi connectivity index (χ1n) is 17.8. The van der Waals surface area contributed by atoms with Crippen molar-refractivity contribution in [2.24, 2.45) is 0 Å². The molecule has 1 unspecified atom stereocenters. The van der Waals surface area contributed by atoms with Gasteiger partial charge < -0.3 is 4.57 Å². The highest BCUT2D eigenvalue weighted by Gasteiger charge is 2.50. The predicted octanol–water partition coefficient (Wildman–Crippen LogP) is 13.4. The Hall–Kier alpha value is -5.74. The van der Waals surface area contributed by atoms with Gasteiger partial charge in [0.1, 0.15) is 0 Å². The monoisotopic (exact) mass is 697 g/mol. The zero-order valence-corrected chi connectivity index (χ0v) is 29.8. The Morgan fingerprint density at radius 2 is 0.962 bits per heavy atom. The molecule has 9 aromatic rings. The summed E-state index contributed by atoms with van der Waals surface area (Å²) in [6, 6.07) is 69.8. The van der Waals surface area contributed by atoms with E-state index >= 15 is 0 Å². The van der Waals surface area contributed by atoms with Crippen molar-refractivity contribution in [1.82, 2.24) is 4.57 Å². The molecule has 0 saturated heterocycles. The Kier molecular flexibility index (Phi) is 6.70. The van der Waals surface area contributed by atoms with Crippen molar-refractivity contribution in [2.75, 3.05) is 0 Å². The summed E-state index contributed by atoms with van der Waals surface area (Å²) in [6.07, 6.45) is 0. The normalized spacial score (nSPS) is 15.6. The number of para-hydroxylation sites is 3. The van der Waals surface area contributed by atoms with Gasteiger partial charge in [0.2, 0.25) is 0 Å². The largest absolute Gasteiger partial charge is 0.309 e. The van der Waals surface area contributed by atoms with Gasteiger partial charge in [-0.05, 0) is 87.5 Å². The van der Waals surface area contributed by atoms with E-state index in [9.17, 15) is 0 Å². The van der Waals surface area contributed by atoms with Crippen LogP contribution in [0.4, 0.5) is 0 Å². The highest BCUT2D eigenvalue weighted by molar-refractivity contribution is 8.00.